The molecule has 0 aliphatic heterocycles. The van der Waals surface area contributed by atoms with Gasteiger partial charge in [-0.3, -0.25) is 0 Å². The summed E-state index contributed by atoms with van der Waals surface area (Å²) in [6.45, 7) is 1.83. The number of thioether (sulfide) groups is 1. The molecule has 0 amide bonds. The Bertz CT molecular complexity index is 359. The van der Waals surface area contributed by atoms with Gasteiger partial charge in [0.05, 0.1) is 0 Å². The highest BCUT2D eigenvalue weighted by Crippen LogP contribution is 2.36. The monoisotopic (exact) mass is 230 g/mol. The predicted octanol–water partition coefficient (Wildman–Crippen LogP) is 4.04. The van der Waals surface area contributed by atoms with Crippen LogP contribution < -0.4 is 0 Å². The molecular weight excluding hydrogens is 221 g/mol. The molecule has 0 nitrogen and oxygen atoms in total. The predicted molar refractivity (Wildman–Crippen MR) is 55.6 cm³/mol. The van der Waals surface area contributed by atoms with Crippen LogP contribution in [-0.2, 0) is 0 Å². The second-order valence-corrected chi connectivity index (χ2v) is 4.14. The lowest BCUT2D eigenvalue weighted by Crippen LogP contribution is -1.99. The van der Waals surface area contributed by atoms with E-state index in [4.69, 9.17) is 6.42 Å². The molecule has 1 unspecified atom stereocenters. The summed E-state index contributed by atoms with van der Waals surface area (Å²) in [5, 5.41) is 0. The average Bonchev–Trinajstić information content (AvgIpc) is 2.15. The zero-order chi connectivity index (χ0) is 11.5. The van der Waals surface area contributed by atoms with E-state index >= 15 is 0 Å². The number of halogens is 3. The molecule has 0 fully saturated rings. The van der Waals surface area contributed by atoms with Gasteiger partial charge in [-0.1, -0.05) is 18.1 Å². The number of hydrogen-bond acceptors (Lipinski definition) is 1. The molecule has 1 atom stereocenters. The van der Waals surface area contributed by atoms with Gasteiger partial charge in [-0.15, -0.1) is 6.42 Å². The minimum absolute atomic E-state index is 0.0741. The molecule has 15 heavy (non-hydrogen) atoms. The molecule has 80 valence electrons. The van der Waals surface area contributed by atoms with Crippen molar-refractivity contribution in [3.63, 3.8) is 0 Å². The van der Waals surface area contributed by atoms with E-state index in [0.29, 0.717) is 0 Å². The van der Waals surface area contributed by atoms with Gasteiger partial charge in [0.25, 0.3) is 0 Å². The maximum Gasteiger partial charge on any atom is 0.446 e. The van der Waals surface area contributed by atoms with Crippen LogP contribution >= 0.6 is 11.8 Å². The van der Waals surface area contributed by atoms with Crippen molar-refractivity contribution in [2.75, 3.05) is 0 Å². The molecule has 0 bridgehead atoms. The fourth-order valence-corrected chi connectivity index (χ4v) is 1.59. The third kappa shape index (κ3) is 3.88. The van der Waals surface area contributed by atoms with E-state index < -0.39 is 5.51 Å². The van der Waals surface area contributed by atoms with Gasteiger partial charge in [0.2, 0.25) is 0 Å². The Morgan fingerprint density at radius 2 is 1.80 bits per heavy atom. The highest BCUT2D eigenvalue weighted by Gasteiger charge is 2.28. The minimum Gasteiger partial charge on any atom is -0.160 e. The van der Waals surface area contributed by atoms with E-state index in [1.807, 2.05) is 6.92 Å². The fourth-order valence-electron chi connectivity index (χ4n) is 1.05. The molecule has 0 spiro atoms. The first kappa shape index (κ1) is 12.0. The van der Waals surface area contributed by atoms with Gasteiger partial charge in [-0.2, -0.15) is 13.2 Å². The highest BCUT2D eigenvalue weighted by atomic mass is 32.2. The van der Waals surface area contributed by atoms with Crippen LogP contribution in [0, 0.1) is 12.3 Å². The molecule has 0 aliphatic rings. The van der Waals surface area contributed by atoms with Crippen LogP contribution in [0.1, 0.15) is 18.4 Å². The Hall–Kier alpha value is -1.08. The maximum atomic E-state index is 12.0. The summed E-state index contributed by atoms with van der Waals surface area (Å²) in [5.74, 6) is 2.45. The molecule has 0 heterocycles. The molecular formula is C11H9F3S. The van der Waals surface area contributed by atoms with Crippen LogP contribution in [0.15, 0.2) is 29.2 Å². The molecule has 0 N–H and O–H groups in total. The lowest BCUT2D eigenvalue weighted by molar-refractivity contribution is -0.0328. The number of hydrogen-bond donors (Lipinski definition) is 0. The van der Waals surface area contributed by atoms with E-state index in [1.165, 1.54) is 12.1 Å². The minimum atomic E-state index is -4.24. The van der Waals surface area contributed by atoms with Crippen LogP contribution in [0.4, 0.5) is 13.2 Å². The summed E-state index contributed by atoms with van der Waals surface area (Å²) in [5.41, 5.74) is -3.39. The van der Waals surface area contributed by atoms with E-state index in [1.54, 1.807) is 12.1 Å². The second-order valence-electron chi connectivity index (χ2n) is 3.01. The van der Waals surface area contributed by atoms with Gasteiger partial charge in [0.1, 0.15) is 0 Å². The summed E-state index contributed by atoms with van der Waals surface area (Å²) in [7, 11) is 0. The molecule has 1 aromatic carbocycles. The van der Waals surface area contributed by atoms with Crippen LogP contribution in [0.5, 0.6) is 0 Å². The summed E-state index contributed by atoms with van der Waals surface area (Å²) in [4.78, 5) is 0.176. The Balaban J connectivity index is 2.78. The summed E-state index contributed by atoms with van der Waals surface area (Å²) in [6.07, 6.45) is 5.21. The van der Waals surface area contributed by atoms with Crippen molar-refractivity contribution < 1.29 is 13.2 Å². The Kier molecular flexibility index (Phi) is 3.70. The number of rotatable bonds is 2. The normalized spacial score (nSPS) is 13.3. The smallest absolute Gasteiger partial charge is 0.160 e. The molecule has 1 aromatic rings. The first-order valence-corrected chi connectivity index (χ1v) is 5.06. The molecule has 0 aromatic heterocycles. The molecule has 0 aliphatic carbocycles. The second kappa shape index (κ2) is 4.63. The Labute approximate surface area is 90.9 Å². The third-order valence-corrected chi connectivity index (χ3v) is 2.60. The van der Waals surface area contributed by atoms with Crippen LogP contribution in [0.25, 0.3) is 0 Å². The zero-order valence-electron chi connectivity index (χ0n) is 8.01. The van der Waals surface area contributed by atoms with Crippen molar-refractivity contribution >= 4 is 11.8 Å². The Morgan fingerprint density at radius 1 is 1.27 bits per heavy atom. The van der Waals surface area contributed by atoms with Crippen LogP contribution in [0.3, 0.4) is 0 Å². The standard InChI is InChI=1S/C11H9F3S/c1-3-8(2)9-4-6-10(7-5-9)15-11(12,13)14/h1,4-8H,2H3. The molecule has 0 radical (unpaired) electrons. The Morgan fingerprint density at radius 3 is 2.20 bits per heavy atom. The maximum absolute atomic E-state index is 12.0. The van der Waals surface area contributed by atoms with Crippen molar-refractivity contribution in [1.29, 1.82) is 0 Å². The topological polar surface area (TPSA) is 0 Å². The summed E-state index contributed by atoms with van der Waals surface area (Å²) in [6, 6.07) is 6.11. The van der Waals surface area contributed by atoms with E-state index in [9.17, 15) is 13.2 Å². The zero-order valence-corrected chi connectivity index (χ0v) is 8.82. The largest absolute Gasteiger partial charge is 0.446 e. The SMILES string of the molecule is C#CC(C)c1ccc(SC(F)(F)F)cc1. The number of benzene rings is 1. The van der Waals surface area contributed by atoms with Gasteiger partial charge in [0.15, 0.2) is 0 Å². The van der Waals surface area contributed by atoms with Gasteiger partial charge < -0.3 is 0 Å². The average molecular weight is 230 g/mol. The van der Waals surface area contributed by atoms with E-state index in [-0.39, 0.29) is 22.6 Å². The number of alkyl halides is 3. The van der Waals surface area contributed by atoms with Crippen molar-refractivity contribution in [3.05, 3.63) is 29.8 Å². The first-order chi connectivity index (χ1) is 6.92. The van der Waals surface area contributed by atoms with Crippen LogP contribution in [0.2, 0.25) is 0 Å². The molecule has 4 heteroatoms. The van der Waals surface area contributed by atoms with Gasteiger partial charge in [-0.25, -0.2) is 0 Å². The van der Waals surface area contributed by atoms with E-state index in [2.05, 4.69) is 5.92 Å². The molecule has 0 saturated carbocycles. The third-order valence-electron chi connectivity index (χ3n) is 1.86. The fraction of sp³-hybridized carbons (Fsp3) is 0.273. The summed E-state index contributed by atoms with van der Waals surface area (Å²) >= 11 is -0.123. The van der Waals surface area contributed by atoms with Crippen molar-refractivity contribution in [1.82, 2.24) is 0 Å². The van der Waals surface area contributed by atoms with Crippen molar-refractivity contribution in [3.8, 4) is 12.3 Å². The lowest BCUT2D eigenvalue weighted by Gasteiger charge is -2.07. The lowest BCUT2D eigenvalue weighted by atomic mass is 10.0. The first-order valence-electron chi connectivity index (χ1n) is 4.24. The van der Waals surface area contributed by atoms with Crippen molar-refractivity contribution in [2.45, 2.75) is 23.2 Å². The molecule has 1 rings (SSSR count). The summed E-state index contributed by atoms with van der Waals surface area (Å²) < 4.78 is 36.0. The van der Waals surface area contributed by atoms with Gasteiger partial charge >= 0.3 is 5.51 Å². The van der Waals surface area contributed by atoms with Crippen molar-refractivity contribution in [2.24, 2.45) is 0 Å². The van der Waals surface area contributed by atoms with Gasteiger partial charge in [0, 0.05) is 10.8 Å². The highest BCUT2D eigenvalue weighted by molar-refractivity contribution is 8.00. The van der Waals surface area contributed by atoms with Crippen LogP contribution in [-0.4, -0.2) is 5.51 Å². The quantitative estimate of drug-likeness (QED) is 0.546. The van der Waals surface area contributed by atoms with E-state index in [0.717, 1.165) is 5.56 Å². The van der Waals surface area contributed by atoms with Gasteiger partial charge in [-0.05, 0) is 36.4 Å². The molecule has 0 saturated heterocycles. The number of terminal acetylenes is 1.